The van der Waals surface area contributed by atoms with E-state index in [-0.39, 0.29) is 9.10 Å². The lowest BCUT2D eigenvalue weighted by Crippen LogP contribution is -2.14. The van der Waals surface area contributed by atoms with Crippen LogP contribution in [0.5, 0.6) is 0 Å². The standard InChI is InChI=1S/C21H16FNO4S4/c1-30(24,25)17-10-6-15(7-11-17)21(31(26,27)18-3-2-12-28-18)20-19(23-13-29-20)14-4-8-16(22)9-5-14/h2-13,21H,1H3. The molecule has 0 bridgehead atoms. The summed E-state index contributed by atoms with van der Waals surface area (Å²) in [7, 11) is -7.28. The zero-order valence-corrected chi connectivity index (χ0v) is 19.4. The van der Waals surface area contributed by atoms with Crippen molar-refractivity contribution in [3.05, 3.63) is 87.8 Å². The number of hydrogen-bond acceptors (Lipinski definition) is 7. The Morgan fingerprint density at radius 3 is 2.16 bits per heavy atom. The van der Waals surface area contributed by atoms with Crippen LogP contribution in [0, 0.1) is 5.82 Å². The predicted molar refractivity (Wildman–Crippen MR) is 120 cm³/mol. The highest BCUT2D eigenvalue weighted by molar-refractivity contribution is 7.94. The van der Waals surface area contributed by atoms with Crippen LogP contribution in [0.1, 0.15) is 15.7 Å². The fourth-order valence-electron chi connectivity index (χ4n) is 3.17. The van der Waals surface area contributed by atoms with Crippen LogP contribution < -0.4 is 0 Å². The molecule has 0 aliphatic rings. The predicted octanol–water partition coefficient (Wildman–Crippen LogP) is 4.98. The van der Waals surface area contributed by atoms with Gasteiger partial charge in [0.15, 0.2) is 19.7 Å². The first-order valence-corrected chi connectivity index (χ1v) is 14.1. The van der Waals surface area contributed by atoms with Gasteiger partial charge in [-0.2, -0.15) is 0 Å². The van der Waals surface area contributed by atoms with Gasteiger partial charge in [-0.15, -0.1) is 22.7 Å². The molecule has 0 aliphatic carbocycles. The topological polar surface area (TPSA) is 81.2 Å². The van der Waals surface area contributed by atoms with Crippen molar-refractivity contribution >= 4 is 42.3 Å². The molecule has 2 aromatic carbocycles. The molecule has 4 aromatic rings. The van der Waals surface area contributed by atoms with Crippen molar-refractivity contribution in [2.45, 2.75) is 14.4 Å². The van der Waals surface area contributed by atoms with Crippen molar-refractivity contribution in [1.29, 1.82) is 0 Å². The van der Waals surface area contributed by atoms with Gasteiger partial charge in [0.25, 0.3) is 0 Å². The molecule has 0 fully saturated rings. The van der Waals surface area contributed by atoms with Gasteiger partial charge in [-0.1, -0.05) is 18.2 Å². The zero-order valence-electron chi connectivity index (χ0n) is 16.1. The molecule has 31 heavy (non-hydrogen) atoms. The maximum absolute atomic E-state index is 13.6. The summed E-state index contributed by atoms with van der Waals surface area (Å²) < 4.78 is 64.5. The Bertz CT molecular complexity index is 1410. The number of sulfone groups is 2. The van der Waals surface area contributed by atoms with Crippen molar-refractivity contribution < 1.29 is 21.2 Å². The molecule has 1 atom stereocenters. The van der Waals surface area contributed by atoms with Gasteiger partial charge in [0, 0.05) is 11.8 Å². The van der Waals surface area contributed by atoms with Gasteiger partial charge in [0.1, 0.15) is 15.3 Å². The summed E-state index contributed by atoms with van der Waals surface area (Å²) in [5.74, 6) is -0.403. The lowest BCUT2D eigenvalue weighted by Gasteiger charge is -2.18. The molecule has 160 valence electrons. The van der Waals surface area contributed by atoms with E-state index in [1.165, 1.54) is 53.8 Å². The third-order valence-corrected chi connectivity index (χ3v) is 10.3. The molecule has 2 aromatic heterocycles. The van der Waals surface area contributed by atoms with Gasteiger partial charge in [0.2, 0.25) is 0 Å². The summed E-state index contributed by atoms with van der Waals surface area (Å²) in [6.07, 6.45) is 1.09. The van der Waals surface area contributed by atoms with E-state index in [4.69, 9.17) is 0 Å². The van der Waals surface area contributed by atoms with Crippen molar-refractivity contribution in [2.24, 2.45) is 0 Å². The second kappa shape index (κ2) is 8.27. The van der Waals surface area contributed by atoms with E-state index in [9.17, 15) is 21.2 Å². The number of hydrogen-bond donors (Lipinski definition) is 0. The van der Waals surface area contributed by atoms with Gasteiger partial charge >= 0.3 is 0 Å². The SMILES string of the molecule is CS(=O)(=O)c1ccc(C(c2scnc2-c2ccc(F)cc2)S(=O)(=O)c2cccs2)cc1. The molecular formula is C21H16FNO4S4. The Morgan fingerprint density at radius 1 is 0.903 bits per heavy atom. The molecule has 0 aliphatic heterocycles. The lowest BCUT2D eigenvalue weighted by atomic mass is 10.1. The maximum atomic E-state index is 13.6. The minimum atomic E-state index is -3.86. The fraction of sp³-hybridized carbons (Fsp3) is 0.0952. The lowest BCUT2D eigenvalue weighted by molar-refractivity contribution is 0.591. The minimum absolute atomic E-state index is 0.103. The molecule has 1 unspecified atom stereocenters. The number of rotatable bonds is 6. The highest BCUT2D eigenvalue weighted by atomic mass is 32.2. The normalized spacial score (nSPS) is 13.2. The third kappa shape index (κ3) is 4.33. The van der Waals surface area contributed by atoms with Gasteiger partial charge < -0.3 is 0 Å². The van der Waals surface area contributed by atoms with E-state index in [2.05, 4.69) is 4.98 Å². The van der Waals surface area contributed by atoms with Gasteiger partial charge in [-0.25, -0.2) is 26.2 Å². The van der Waals surface area contributed by atoms with E-state index in [1.54, 1.807) is 29.1 Å². The maximum Gasteiger partial charge on any atom is 0.199 e. The zero-order chi connectivity index (χ0) is 22.2. The largest absolute Gasteiger partial charge is 0.244 e. The van der Waals surface area contributed by atoms with Crippen LogP contribution in [0.4, 0.5) is 4.39 Å². The number of halogens is 1. The van der Waals surface area contributed by atoms with E-state index in [1.807, 2.05) is 0 Å². The average molecular weight is 494 g/mol. The van der Waals surface area contributed by atoms with Crippen LogP contribution in [-0.2, 0) is 19.7 Å². The Morgan fingerprint density at radius 2 is 1.58 bits per heavy atom. The molecule has 0 radical (unpaired) electrons. The Balaban J connectivity index is 1.91. The molecule has 2 heterocycles. The van der Waals surface area contributed by atoms with E-state index in [0.717, 1.165) is 17.6 Å². The van der Waals surface area contributed by atoms with Gasteiger partial charge in [-0.3, -0.25) is 0 Å². The highest BCUT2D eigenvalue weighted by Gasteiger charge is 2.35. The second-order valence-corrected chi connectivity index (χ2v) is 12.9. The number of aromatic nitrogens is 1. The molecule has 10 heteroatoms. The average Bonchev–Trinajstić information content (AvgIpc) is 3.41. The molecule has 4 rings (SSSR count). The first kappa shape index (κ1) is 21.8. The van der Waals surface area contributed by atoms with Crippen LogP contribution in [0.15, 0.2) is 80.7 Å². The van der Waals surface area contributed by atoms with E-state index < -0.39 is 30.7 Å². The second-order valence-electron chi connectivity index (χ2n) is 6.77. The van der Waals surface area contributed by atoms with Crippen LogP contribution >= 0.6 is 22.7 Å². The number of thiazole rings is 1. The van der Waals surface area contributed by atoms with Crippen molar-refractivity contribution in [3.8, 4) is 11.3 Å². The van der Waals surface area contributed by atoms with Gasteiger partial charge in [0.05, 0.1) is 21.0 Å². The molecule has 0 saturated carbocycles. The summed E-state index contributed by atoms with van der Waals surface area (Å²) >= 11 is 2.30. The summed E-state index contributed by atoms with van der Waals surface area (Å²) in [5, 5.41) is 0.594. The van der Waals surface area contributed by atoms with Crippen LogP contribution in [0.3, 0.4) is 0 Å². The number of benzene rings is 2. The summed E-state index contributed by atoms with van der Waals surface area (Å²) in [4.78, 5) is 4.94. The molecule has 0 spiro atoms. The summed E-state index contributed by atoms with van der Waals surface area (Å²) in [6, 6.07) is 14.7. The van der Waals surface area contributed by atoms with Crippen molar-refractivity contribution in [1.82, 2.24) is 4.98 Å². The van der Waals surface area contributed by atoms with E-state index >= 15 is 0 Å². The molecule has 0 amide bonds. The fourth-order valence-corrected chi connectivity index (χ4v) is 8.01. The van der Waals surface area contributed by atoms with Crippen molar-refractivity contribution in [2.75, 3.05) is 6.26 Å². The van der Waals surface area contributed by atoms with E-state index in [0.29, 0.717) is 21.7 Å². The Labute approximate surface area is 187 Å². The highest BCUT2D eigenvalue weighted by Crippen LogP contribution is 2.42. The van der Waals surface area contributed by atoms with Crippen LogP contribution in [0.25, 0.3) is 11.3 Å². The minimum Gasteiger partial charge on any atom is -0.244 e. The first-order valence-electron chi connectivity index (χ1n) is 8.94. The first-order chi connectivity index (χ1) is 14.7. The Kier molecular flexibility index (Phi) is 5.82. The van der Waals surface area contributed by atoms with Crippen LogP contribution in [0.2, 0.25) is 0 Å². The molecule has 5 nitrogen and oxygen atoms in total. The molecular weight excluding hydrogens is 478 g/mol. The third-order valence-electron chi connectivity index (χ3n) is 4.65. The smallest absolute Gasteiger partial charge is 0.199 e. The molecule has 0 saturated heterocycles. The molecule has 0 N–H and O–H groups in total. The van der Waals surface area contributed by atoms with Crippen LogP contribution in [-0.4, -0.2) is 28.1 Å². The van der Waals surface area contributed by atoms with Gasteiger partial charge in [-0.05, 0) is 53.4 Å². The quantitative estimate of drug-likeness (QED) is 0.379. The summed E-state index contributed by atoms with van der Waals surface area (Å²) in [6.45, 7) is 0. The summed E-state index contributed by atoms with van der Waals surface area (Å²) in [5.41, 5.74) is 3.02. The monoisotopic (exact) mass is 493 g/mol. The Hall–Kier alpha value is -2.40. The number of thiophene rings is 1. The van der Waals surface area contributed by atoms with Crippen molar-refractivity contribution in [3.63, 3.8) is 0 Å². The number of nitrogens with zero attached hydrogens (tertiary/aromatic N) is 1.